The second-order valence-corrected chi connectivity index (χ2v) is 4.68. The third-order valence-corrected chi connectivity index (χ3v) is 3.00. The second-order valence-electron chi connectivity index (χ2n) is 4.68. The van der Waals surface area contributed by atoms with Crippen LogP contribution in [0.25, 0.3) is 0 Å². The van der Waals surface area contributed by atoms with E-state index in [2.05, 4.69) is 25.6 Å². The largest absolute Gasteiger partial charge is 0.466 e. The van der Waals surface area contributed by atoms with Gasteiger partial charge in [-0.05, 0) is 33.8 Å². The van der Waals surface area contributed by atoms with Gasteiger partial charge in [-0.15, -0.1) is 0 Å². The summed E-state index contributed by atoms with van der Waals surface area (Å²) in [5.74, 6) is 2.70. The van der Waals surface area contributed by atoms with Crippen molar-refractivity contribution in [3.05, 3.63) is 23.2 Å². The summed E-state index contributed by atoms with van der Waals surface area (Å²) in [4.78, 5) is 12.7. The summed E-state index contributed by atoms with van der Waals surface area (Å²) < 4.78 is 10.9. The lowest BCUT2D eigenvalue weighted by Crippen LogP contribution is -2.12. The van der Waals surface area contributed by atoms with Gasteiger partial charge in [-0.3, -0.25) is 0 Å². The molecule has 2 N–H and O–H groups in total. The van der Waals surface area contributed by atoms with E-state index in [1.165, 1.54) is 0 Å². The van der Waals surface area contributed by atoms with Crippen LogP contribution in [-0.4, -0.2) is 28.6 Å². The third-order valence-electron chi connectivity index (χ3n) is 3.00. The van der Waals surface area contributed by atoms with Crippen molar-refractivity contribution >= 4 is 11.9 Å². The van der Waals surface area contributed by atoms with Crippen LogP contribution < -0.4 is 15.4 Å². The summed E-state index contributed by atoms with van der Waals surface area (Å²) >= 11 is 0. The molecule has 0 aliphatic carbocycles. The minimum Gasteiger partial charge on any atom is -0.466 e. The number of rotatable bonds is 6. The molecular formula is C14H21N5O2. The summed E-state index contributed by atoms with van der Waals surface area (Å²) in [5.41, 5.74) is 1.08. The molecule has 114 valence electrons. The average molecular weight is 291 g/mol. The van der Waals surface area contributed by atoms with Crippen LogP contribution in [0.15, 0.2) is 10.5 Å². The van der Waals surface area contributed by atoms with Crippen molar-refractivity contribution in [1.29, 1.82) is 0 Å². The Kier molecular flexibility index (Phi) is 4.62. The number of furan rings is 1. The highest BCUT2D eigenvalue weighted by molar-refractivity contribution is 5.38. The molecule has 0 saturated carbocycles. The number of ether oxygens (including phenoxy) is 1. The van der Waals surface area contributed by atoms with Gasteiger partial charge in [0.25, 0.3) is 0 Å². The molecule has 0 spiro atoms. The predicted octanol–water partition coefficient (Wildman–Crippen LogP) is 2.69. The highest BCUT2D eigenvalue weighted by Crippen LogP contribution is 2.24. The number of anilines is 2. The SMILES string of the molecule is CCOc1nc(NC)nc(NC(C)c2cc(C)oc2C)n1. The molecule has 7 heteroatoms. The van der Waals surface area contributed by atoms with E-state index in [-0.39, 0.29) is 6.04 Å². The molecule has 0 radical (unpaired) electrons. The standard InChI is InChI=1S/C14H21N5O2/c1-6-20-14-18-12(15-5)17-13(19-14)16-9(3)11-7-8(2)21-10(11)4/h7,9H,6H2,1-5H3,(H2,15,16,17,18,19). The number of aromatic nitrogens is 3. The van der Waals surface area contributed by atoms with Crippen LogP contribution >= 0.6 is 0 Å². The van der Waals surface area contributed by atoms with Gasteiger partial charge in [0.05, 0.1) is 12.6 Å². The van der Waals surface area contributed by atoms with Crippen LogP contribution in [0.4, 0.5) is 11.9 Å². The van der Waals surface area contributed by atoms with E-state index in [4.69, 9.17) is 9.15 Å². The van der Waals surface area contributed by atoms with Gasteiger partial charge in [0, 0.05) is 12.6 Å². The molecule has 0 aliphatic heterocycles. The Labute approximate surface area is 124 Å². The third kappa shape index (κ3) is 3.62. The maximum atomic E-state index is 5.55. The topological polar surface area (TPSA) is 85.1 Å². The zero-order valence-electron chi connectivity index (χ0n) is 13.0. The molecule has 1 unspecified atom stereocenters. The molecular weight excluding hydrogens is 270 g/mol. The first-order chi connectivity index (χ1) is 10.0. The van der Waals surface area contributed by atoms with Crippen molar-refractivity contribution in [2.75, 3.05) is 24.3 Å². The van der Waals surface area contributed by atoms with Gasteiger partial charge in [-0.1, -0.05) is 0 Å². The van der Waals surface area contributed by atoms with E-state index in [1.54, 1.807) is 7.05 Å². The van der Waals surface area contributed by atoms with Crippen molar-refractivity contribution in [2.45, 2.75) is 33.7 Å². The van der Waals surface area contributed by atoms with E-state index in [9.17, 15) is 0 Å². The Morgan fingerprint density at radius 3 is 2.52 bits per heavy atom. The average Bonchev–Trinajstić information content (AvgIpc) is 2.78. The highest BCUT2D eigenvalue weighted by atomic mass is 16.5. The van der Waals surface area contributed by atoms with Gasteiger partial charge in [0.1, 0.15) is 11.5 Å². The molecule has 0 aromatic carbocycles. The molecule has 0 bridgehead atoms. The van der Waals surface area contributed by atoms with E-state index in [0.29, 0.717) is 24.5 Å². The van der Waals surface area contributed by atoms with Crippen molar-refractivity contribution in [2.24, 2.45) is 0 Å². The summed E-state index contributed by atoms with van der Waals surface area (Å²) in [6.07, 6.45) is 0. The van der Waals surface area contributed by atoms with E-state index in [0.717, 1.165) is 17.1 Å². The van der Waals surface area contributed by atoms with E-state index in [1.807, 2.05) is 33.8 Å². The molecule has 2 heterocycles. The Hall–Kier alpha value is -2.31. The lowest BCUT2D eigenvalue weighted by Gasteiger charge is -2.14. The molecule has 0 saturated heterocycles. The number of nitrogens with one attached hydrogen (secondary N) is 2. The van der Waals surface area contributed by atoms with E-state index < -0.39 is 0 Å². The summed E-state index contributed by atoms with van der Waals surface area (Å²) in [7, 11) is 1.75. The zero-order valence-corrected chi connectivity index (χ0v) is 13.0. The highest BCUT2D eigenvalue weighted by Gasteiger charge is 2.15. The Morgan fingerprint density at radius 1 is 1.24 bits per heavy atom. The summed E-state index contributed by atoms with van der Waals surface area (Å²) in [5, 5.41) is 6.14. The van der Waals surface area contributed by atoms with Crippen molar-refractivity contribution in [3.63, 3.8) is 0 Å². The minimum absolute atomic E-state index is 0.0176. The maximum absolute atomic E-state index is 5.55. The van der Waals surface area contributed by atoms with Crippen molar-refractivity contribution in [3.8, 4) is 6.01 Å². The fraction of sp³-hybridized carbons (Fsp3) is 0.500. The first-order valence-electron chi connectivity index (χ1n) is 6.93. The molecule has 7 nitrogen and oxygen atoms in total. The van der Waals surface area contributed by atoms with Crippen LogP contribution in [-0.2, 0) is 0 Å². The number of hydrogen-bond donors (Lipinski definition) is 2. The van der Waals surface area contributed by atoms with E-state index >= 15 is 0 Å². The minimum atomic E-state index is 0.0176. The fourth-order valence-electron chi connectivity index (χ4n) is 2.08. The Bertz CT molecular complexity index is 611. The summed E-state index contributed by atoms with van der Waals surface area (Å²) in [6, 6.07) is 2.33. The molecule has 2 rings (SSSR count). The maximum Gasteiger partial charge on any atom is 0.323 e. The zero-order chi connectivity index (χ0) is 15.4. The number of aryl methyl sites for hydroxylation is 2. The molecule has 0 amide bonds. The predicted molar refractivity (Wildman–Crippen MR) is 80.8 cm³/mol. The van der Waals surface area contributed by atoms with Crippen molar-refractivity contribution in [1.82, 2.24) is 15.0 Å². The molecule has 0 fully saturated rings. The van der Waals surface area contributed by atoms with Crippen LogP contribution in [0, 0.1) is 13.8 Å². The lowest BCUT2D eigenvalue weighted by atomic mass is 10.1. The number of hydrogen-bond acceptors (Lipinski definition) is 7. The summed E-state index contributed by atoms with van der Waals surface area (Å²) in [6.45, 7) is 8.29. The molecule has 2 aromatic rings. The van der Waals surface area contributed by atoms with Gasteiger partial charge in [-0.2, -0.15) is 15.0 Å². The second kappa shape index (κ2) is 6.43. The Balaban J connectivity index is 2.21. The van der Waals surface area contributed by atoms with Crippen LogP contribution in [0.1, 0.15) is 37.0 Å². The van der Waals surface area contributed by atoms with Crippen molar-refractivity contribution < 1.29 is 9.15 Å². The molecule has 1 atom stereocenters. The molecule has 0 aliphatic rings. The van der Waals surface area contributed by atoms with Gasteiger partial charge < -0.3 is 19.8 Å². The molecule has 21 heavy (non-hydrogen) atoms. The van der Waals surface area contributed by atoms with Gasteiger partial charge >= 0.3 is 6.01 Å². The van der Waals surface area contributed by atoms with Gasteiger partial charge in [0.15, 0.2) is 0 Å². The fourth-order valence-corrected chi connectivity index (χ4v) is 2.08. The van der Waals surface area contributed by atoms with Crippen LogP contribution in [0.2, 0.25) is 0 Å². The Morgan fingerprint density at radius 2 is 1.95 bits per heavy atom. The van der Waals surface area contributed by atoms with Crippen LogP contribution in [0.3, 0.4) is 0 Å². The quantitative estimate of drug-likeness (QED) is 0.846. The smallest absolute Gasteiger partial charge is 0.323 e. The van der Waals surface area contributed by atoms with Gasteiger partial charge in [-0.25, -0.2) is 0 Å². The number of nitrogens with zero attached hydrogens (tertiary/aromatic N) is 3. The normalized spacial score (nSPS) is 12.0. The monoisotopic (exact) mass is 291 g/mol. The van der Waals surface area contributed by atoms with Gasteiger partial charge in [0.2, 0.25) is 11.9 Å². The first kappa shape index (κ1) is 15.1. The van der Waals surface area contributed by atoms with Crippen LogP contribution in [0.5, 0.6) is 6.01 Å². The first-order valence-corrected chi connectivity index (χ1v) is 6.93. The molecule has 2 aromatic heterocycles. The lowest BCUT2D eigenvalue weighted by molar-refractivity contribution is 0.312.